The van der Waals surface area contributed by atoms with Crippen LogP contribution in [0.5, 0.6) is 11.5 Å². The molecule has 2 amide bonds. The van der Waals surface area contributed by atoms with Crippen molar-refractivity contribution < 1.29 is 19.1 Å². The Kier molecular flexibility index (Phi) is 8.57. The molecule has 0 aliphatic rings. The zero-order valence-corrected chi connectivity index (χ0v) is 14.1. The Morgan fingerprint density at radius 3 is 2.26 bits per heavy atom. The van der Waals surface area contributed by atoms with Gasteiger partial charge in [-0.1, -0.05) is 26.0 Å². The molecule has 2 N–H and O–H groups in total. The summed E-state index contributed by atoms with van der Waals surface area (Å²) >= 11 is 0. The lowest BCUT2D eigenvalue weighted by Crippen LogP contribution is -2.38. The third-order valence-corrected chi connectivity index (χ3v) is 3.53. The molecule has 1 rings (SSSR count). The Morgan fingerprint density at radius 2 is 1.65 bits per heavy atom. The van der Waals surface area contributed by atoms with Gasteiger partial charge in [0, 0.05) is 19.0 Å². The van der Waals surface area contributed by atoms with Crippen molar-refractivity contribution in [1.29, 1.82) is 0 Å². The van der Waals surface area contributed by atoms with Gasteiger partial charge in [0.15, 0.2) is 18.1 Å². The van der Waals surface area contributed by atoms with Crippen LogP contribution in [-0.4, -0.2) is 38.6 Å². The van der Waals surface area contributed by atoms with Gasteiger partial charge >= 0.3 is 0 Å². The number of benzene rings is 1. The number of para-hydroxylation sites is 2. The minimum Gasteiger partial charge on any atom is -0.493 e. The van der Waals surface area contributed by atoms with Crippen LogP contribution in [0, 0.1) is 5.92 Å². The summed E-state index contributed by atoms with van der Waals surface area (Å²) in [5, 5.41) is 5.52. The Labute approximate surface area is 137 Å². The average molecular weight is 322 g/mol. The van der Waals surface area contributed by atoms with E-state index in [1.807, 2.05) is 26.0 Å². The van der Waals surface area contributed by atoms with Crippen molar-refractivity contribution in [3.63, 3.8) is 0 Å². The van der Waals surface area contributed by atoms with E-state index >= 15 is 0 Å². The van der Waals surface area contributed by atoms with E-state index in [1.54, 1.807) is 19.2 Å². The number of hydrogen-bond donors (Lipinski definition) is 2. The second-order valence-electron chi connectivity index (χ2n) is 5.09. The molecule has 0 heterocycles. The Balaban J connectivity index is 2.23. The lowest BCUT2D eigenvalue weighted by molar-refractivity contribution is -0.126. The molecule has 0 bridgehead atoms. The van der Waals surface area contributed by atoms with Gasteiger partial charge in [0.1, 0.15) is 0 Å². The molecule has 6 heteroatoms. The highest BCUT2D eigenvalue weighted by atomic mass is 16.5. The van der Waals surface area contributed by atoms with Gasteiger partial charge in [-0.05, 0) is 25.0 Å². The van der Waals surface area contributed by atoms with E-state index in [0.717, 1.165) is 12.8 Å². The van der Waals surface area contributed by atoms with Crippen molar-refractivity contribution in [1.82, 2.24) is 10.6 Å². The molecule has 0 saturated carbocycles. The molecular formula is C17H26N2O4. The van der Waals surface area contributed by atoms with E-state index in [-0.39, 0.29) is 24.3 Å². The molecule has 0 aliphatic carbocycles. The lowest BCUT2D eigenvalue weighted by atomic mass is 10.0. The van der Waals surface area contributed by atoms with Crippen LogP contribution < -0.4 is 20.1 Å². The fourth-order valence-electron chi connectivity index (χ4n) is 2.12. The Morgan fingerprint density at radius 1 is 1.04 bits per heavy atom. The van der Waals surface area contributed by atoms with Crippen LogP contribution in [0.2, 0.25) is 0 Å². The molecule has 0 spiro atoms. The molecule has 0 aliphatic heterocycles. The molecule has 128 valence electrons. The highest BCUT2D eigenvalue weighted by Crippen LogP contribution is 2.25. The summed E-state index contributed by atoms with van der Waals surface area (Å²) in [5.74, 6) is 0.937. The van der Waals surface area contributed by atoms with Crippen LogP contribution in [0.4, 0.5) is 0 Å². The predicted molar refractivity (Wildman–Crippen MR) is 88.6 cm³/mol. The molecule has 0 fully saturated rings. The van der Waals surface area contributed by atoms with Gasteiger partial charge in [0.25, 0.3) is 5.91 Å². The highest BCUT2D eigenvalue weighted by Gasteiger charge is 2.13. The summed E-state index contributed by atoms with van der Waals surface area (Å²) in [6, 6.07) is 7.14. The van der Waals surface area contributed by atoms with E-state index in [4.69, 9.17) is 9.47 Å². The van der Waals surface area contributed by atoms with Gasteiger partial charge in [-0.2, -0.15) is 0 Å². The number of nitrogens with one attached hydrogen (secondary N) is 2. The Bertz CT molecular complexity index is 501. The molecular weight excluding hydrogens is 296 g/mol. The topological polar surface area (TPSA) is 76.7 Å². The SMILES string of the molecule is CCC(CC)C(=O)NCCNC(=O)COc1ccccc1OC. The largest absolute Gasteiger partial charge is 0.493 e. The molecule has 0 aromatic heterocycles. The summed E-state index contributed by atoms with van der Waals surface area (Å²) in [6.45, 7) is 4.67. The molecule has 1 aromatic rings. The standard InChI is InChI=1S/C17H26N2O4/c1-4-13(5-2)17(21)19-11-10-18-16(20)12-23-15-9-7-6-8-14(15)22-3/h6-9,13H,4-5,10-12H2,1-3H3,(H,18,20)(H,19,21). The molecule has 0 saturated heterocycles. The maximum Gasteiger partial charge on any atom is 0.258 e. The number of methoxy groups -OCH3 is 1. The monoisotopic (exact) mass is 322 g/mol. The van der Waals surface area contributed by atoms with Gasteiger partial charge in [-0.15, -0.1) is 0 Å². The quantitative estimate of drug-likeness (QED) is 0.643. The maximum atomic E-state index is 11.8. The summed E-state index contributed by atoms with van der Waals surface area (Å²) < 4.78 is 10.6. The van der Waals surface area contributed by atoms with Crippen LogP contribution in [0.25, 0.3) is 0 Å². The zero-order valence-electron chi connectivity index (χ0n) is 14.1. The van der Waals surface area contributed by atoms with Gasteiger partial charge in [-0.25, -0.2) is 0 Å². The molecule has 0 unspecified atom stereocenters. The third-order valence-electron chi connectivity index (χ3n) is 3.53. The van der Waals surface area contributed by atoms with Crippen molar-refractivity contribution >= 4 is 11.8 Å². The fraction of sp³-hybridized carbons (Fsp3) is 0.529. The van der Waals surface area contributed by atoms with Crippen molar-refractivity contribution in [2.45, 2.75) is 26.7 Å². The predicted octanol–water partition coefficient (Wildman–Crippen LogP) is 1.74. The highest BCUT2D eigenvalue weighted by molar-refractivity contribution is 5.79. The van der Waals surface area contributed by atoms with Crippen molar-refractivity contribution in [2.75, 3.05) is 26.8 Å². The third kappa shape index (κ3) is 6.59. The molecule has 1 aromatic carbocycles. The fourth-order valence-corrected chi connectivity index (χ4v) is 2.12. The number of amides is 2. The van der Waals surface area contributed by atoms with Gasteiger partial charge in [0.05, 0.1) is 7.11 Å². The number of carbonyl (C=O) groups excluding carboxylic acids is 2. The first-order valence-electron chi connectivity index (χ1n) is 7.92. The van der Waals surface area contributed by atoms with Gasteiger partial charge in [0.2, 0.25) is 5.91 Å². The first kappa shape index (κ1) is 18.8. The van der Waals surface area contributed by atoms with Crippen molar-refractivity contribution in [3.8, 4) is 11.5 Å². The summed E-state index contributed by atoms with van der Waals surface area (Å²) in [5.41, 5.74) is 0. The van der Waals surface area contributed by atoms with E-state index in [9.17, 15) is 9.59 Å². The average Bonchev–Trinajstić information content (AvgIpc) is 2.58. The smallest absolute Gasteiger partial charge is 0.258 e. The van der Waals surface area contributed by atoms with E-state index in [2.05, 4.69) is 10.6 Å². The molecule has 6 nitrogen and oxygen atoms in total. The van der Waals surface area contributed by atoms with Crippen molar-refractivity contribution in [3.05, 3.63) is 24.3 Å². The normalized spacial score (nSPS) is 10.3. The Hall–Kier alpha value is -2.24. The molecule has 23 heavy (non-hydrogen) atoms. The number of carbonyl (C=O) groups is 2. The minimum absolute atomic E-state index is 0.0366. The van der Waals surface area contributed by atoms with Crippen LogP contribution in [0.15, 0.2) is 24.3 Å². The van der Waals surface area contributed by atoms with Crippen LogP contribution in [0.1, 0.15) is 26.7 Å². The summed E-state index contributed by atoms with van der Waals surface area (Å²) in [7, 11) is 1.55. The van der Waals surface area contributed by atoms with Gasteiger partial charge < -0.3 is 20.1 Å². The number of hydrogen-bond acceptors (Lipinski definition) is 4. The lowest BCUT2D eigenvalue weighted by Gasteiger charge is -2.13. The van der Waals surface area contributed by atoms with E-state index < -0.39 is 0 Å². The van der Waals surface area contributed by atoms with E-state index in [1.165, 1.54) is 0 Å². The maximum absolute atomic E-state index is 11.8. The number of rotatable bonds is 10. The zero-order chi connectivity index (χ0) is 17.1. The molecule has 0 atom stereocenters. The molecule has 0 radical (unpaired) electrons. The van der Waals surface area contributed by atoms with Crippen LogP contribution in [-0.2, 0) is 9.59 Å². The van der Waals surface area contributed by atoms with Gasteiger partial charge in [-0.3, -0.25) is 9.59 Å². The second-order valence-corrected chi connectivity index (χ2v) is 5.09. The minimum atomic E-state index is -0.243. The van der Waals surface area contributed by atoms with Crippen LogP contribution in [0.3, 0.4) is 0 Å². The summed E-state index contributed by atoms with van der Waals surface area (Å²) in [6.07, 6.45) is 1.64. The number of ether oxygens (including phenoxy) is 2. The van der Waals surface area contributed by atoms with E-state index in [0.29, 0.717) is 24.6 Å². The summed E-state index contributed by atoms with van der Waals surface area (Å²) in [4.78, 5) is 23.5. The second kappa shape index (κ2) is 10.5. The van der Waals surface area contributed by atoms with Crippen molar-refractivity contribution in [2.24, 2.45) is 5.92 Å². The first-order chi connectivity index (χ1) is 11.1. The van der Waals surface area contributed by atoms with Crippen LogP contribution >= 0.6 is 0 Å². The first-order valence-corrected chi connectivity index (χ1v) is 7.92.